The average molecular weight is 522 g/mol. The molecule has 2 rings (SSSR count). The molecule has 212 valence electrons. The van der Waals surface area contributed by atoms with Gasteiger partial charge in [-0.1, -0.05) is 33.8 Å². The predicted molar refractivity (Wildman–Crippen MR) is 147 cm³/mol. The predicted octanol–water partition coefficient (Wildman–Crippen LogP) is 4.80. The Morgan fingerprint density at radius 2 is 1.86 bits per heavy atom. The van der Waals surface area contributed by atoms with E-state index < -0.39 is 12.1 Å². The monoisotopic (exact) mass is 521 g/mol. The van der Waals surface area contributed by atoms with Crippen molar-refractivity contribution in [1.29, 1.82) is 0 Å². The molecule has 1 fully saturated rings. The first-order valence-electron chi connectivity index (χ1n) is 14.0. The van der Waals surface area contributed by atoms with Crippen molar-refractivity contribution >= 4 is 5.78 Å². The van der Waals surface area contributed by atoms with Crippen LogP contribution in [0.5, 0.6) is 11.5 Å². The van der Waals surface area contributed by atoms with Gasteiger partial charge in [-0.2, -0.15) is 0 Å². The fraction of sp³-hybridized carbons (Fsp3) is 0.767. The minimum Gasteiger partial charge on any atom is -0.493 e. The maximum absolute atomic E-state index is 13.0. The molecule has 1 aromatic rings. The highest BCUT2D eigenvalue weighted by Gasteiger charge is 2.30. The summed E-state index contributed by atoms with van der Waals surface area (Å²) >= 11 is 0. The first-order valence-corrected chi connectivity index (χ1v) is 14.0. The number of methoxy groups -OCH3 is 2. The molecule has 0 amide bonds. The first kappa shape index (κ1) is 31.5. The Morgan fingerprint density at radius 1 is 1.11 bits per heavy atom. The molecule has 1 aliphatic heterocycles. The number of nitrogens with two attached hydrogens (primary N) is 1. The minimum absolute atomic E-state index is 0.163. The molecule has 0 aliphatic carbocycles. The minimum atomic E-state index is -0.718. The van der Waals surface area contributed by atoms with Crippen LogP contribution in [0.1, 0.15) is 71.8 Å². The Morgan fingerprint density at radius 3 is 2.46 bits per heavy atom. The Balaban J connectivity index is 1.98. The molecule has 7 nitrogen and oxygen atoms in total. The van der Waals surface area contributed by atoms with Gasteiger partial charge in [0, 0.05) is 32.1 Å². The molecule has 1 aromatic carbocycles. The van der Waals surface area contributed by atoms with Gasteiger partial charge in [-0.15, -0.1) is 0 Å². The number of carbonyl (C=O) groups excluding carboxylic acids is 1. The van der Waals surface area contributed by atoms with E-state index in [2.05, 4.69) is 33.8 Å². The molecule has 0 spiro atoms. The Labute approximate surface area is 224 Å². The average Bonchev–Trinajstić information content (AvgIpc) is 3.39. The maximum atomic E-state index is 13.0. The summed E-state index contributed by atoms with van der Waals surface area (Å²) in [4.78, 5) is 13.0. The van der Waals surface area contributed by atoms with Crippen LogP contribution in [-0.4, -0.2) is 63.2 Å². The second-order valence-electron chi connectivity index (χ2n) is 11.2. The van der Waals surface area contributed by atoms with Gasteiger partial charge in [-0.25, -0.2) is 0 Å². The summed E-state index contributed by atoms with van der Waals surface area (Å²) < 4.78 is 22.1. The van der Waals surface area contributed by atoms with Crippen LogP contribution in [0.2, 0.25) is 0 Å². The van der Waals surface area contributed by atoms with E-state index in [0.717, 1.165) is 37.9 Å². The van der Waals surface area contributed by atoms with Gasteiger partial charge in [0.1, 0.15) is 12.4 Å². The standard InChI is InChI=1S/C30H51NO6/c1-20(2)23(16-22-9-12-29(35-6)30(17-22)37-15-14-34-5)18-26(31)28(33)19-25(21(3)4)27(32)11-10-24-8-7-13-36-24/h9,12,17,20-21,23-26,28,33H,7-8,10-11,13-16,18-19,31H2,1-6H3/t23-,24+,25-,26-,28-/m0/s1. The number of hydrogen-bond acceptors (Lipinski definition) is 7. The van der Waals surface area contributed by atoms with Crippen molar-refractivity contribution in [2.75, 3.05) is 34.0 Å². The molecule has 7 heteroatoms. The van der Waals surface area contributed by atoms with E-state index in [1.54, 1.807) is 14.2 Å². The largest absolute Gasteiger partial charge is 0.493 e. The lowest BCUT2D eigenvalue weighted by Gasteiger charge is -2.30. The number of aliphatic hydroxyl groups is 1. The Hall–Kier alpha value is -1.67. The fourth-order valence-corrected chi connectivity index (χ4v) is 5.17. The summed E-state index contributed by atoms with van der Waals surface area (Å²) in [7, 11) is 3.28. The molecule has 0 saturated carbocycles. The van der Waals surface area contributed by atoms with Gasteiger partial charge >= 0.3 is 0 Å². The zero-order valence-corrected chi connectivity index (χ0v) is 23.9. The van der Waals surface area contributed by atoms with Gasteiger partial charge in [0.2, 0.25) is 0 Å². The number of ether oxygens (including phenoxy) is 4. The molecular formula is C30H51NO6. The second-order valence-corrected chi connectivity index (χ2v) is 11.2. The summed E-state index contributed by atoms with van der Waals surface area (Å²) in [6.07, 6.45) is 4.80. The number of ketones is 1. The summed E-state index contributed by atoms with van der Waals surface area (Å²) in [5, 5.41) is 11.0. The van der Waals surface area contributed by atoms with Gasteiger partial charge < -0.3 is 29.8 Å². The number of carbonyl (C=O) groups is 1. The molecule has 3 N–H and O–H groups in total. The van der Waals surface area contributed by atoms with Crippen molar-refractivity contribution in [3.63, 3.8) is 0 Å². The number of Topliss-reactive ketones (excluding diaryl/α,β-unsaturated/α-hetero) is 1. The van der Waals surface area contributed by atoms with Crippen LogP contribution in [0.15, 0.2) is 18.2 Å². The number of benzene rings is 1. The summed E-state index contributed by atoms with van der Waals surface area (Å²) in [6.45, 7) is 10.2. The van der Waals surface area contributed by atoms with E-state index >= 15 is 0 Å². The van der Waals surface area contributed by atoms with Crippen LogP contribution < -0.4 is 15.2 Å². The summed E-state index contributed by atoms with van der Waals surface area (Å²) in [5.41, 5.74) is 7.69. The third kappa shape index (κ3) is 10.5. The van der Waals surface area contributed by atoms with Crippen molar-refractivity contribution in [2.24, 2.45) is 29.4 Å². The number of rotatable bonds is 18. The van der Waals surface area contributed by atoms with E-state index in [-0.39, 0.29) is 29.6 Å². The quantitative estimate of drug-likeness (QED) is 0.268. The molecule has 0 unspecified atom stereocenters. The zero-order valence-electron chi connectivity index (χ0n) is 23.9. The van der Waals surface area contributed by atoms with Crippen molar-refractivity contribution in [1.82, 2.24) is 0 Å². The zero-order chi connectivity index (χ0) is 27.4. The SMILES string of the molecule is COCCOc1cc(C[C@@H](C[C@H](N)[C@@H](O)C[C@H](C(=O)CC[C@H]2CCCO2)C(C)C)C(C)C)ccc1OC. The van der Waals surface area contributed by atoms with Crippen molar-refractivity contribution < 1.29 is 28.8 Å². The fourth-order valence-electron chi connectivity index (χ4n) is 5.17. The lowest BCUT2D eigenvalue weighted by molar-refractivity contribution is -0.126. The molecule has 0 radical (unpaired) electrons. The molecular weight excluding hydrogens is 470 g/mol. The van der Waals surface area contributed by atoms with E-state index in [0.29, 0.717) is 49.9 Å². The summed E-state index contributed by atoms with van der Waals surface area (Å²) in [6, 6.07) is 5.61. The first-order chi connectivity index (χ1) is 17.7. The normalized spacial score (nSPS) is 19.1. The smallest absolute Gasteiger partial charge is 0.161 e. The Kier molecular flexibility index (Phi) is 13.9. The third-order valence-electron chi connectivity index (χ3n) is 7.73. The molecule has 1 aliphatic rings. The lowest BCUT2D eigenvalue weighted by atomic mass is 9.79. The van der Waals surface area contributed by atoms with E-state index in [1.165, 1.54) is 0 Å². The van der Waals surface area contributed by atoms with E-state index in [4.69, 9.17) is 24.7 Å². The Bertz CT molecular complexity index is 792. The molecule has 5 atom stereocenters. The molecule has 37 heavy (non-hydrogen) atoms. The topological polar surface area (TPSA) is 100 Å². The highest BCUT2D eigenvalue weighted by atomic mass is 16.5. The molecule has 0 bridgehead atoms. The highest BCUT2D eigenvalue weighted by molar-refractivity contribution is 5.81. The van der Waals surface area contributed by atoms with Crippen molar-refractivity contribution in [2.45, 2.75) is 90.9 Å². The summed E-state index contributed by atoms with van der Waals surface area (Å²) in [5.74, 6) is 2.24. The number of aliphatic hydroxyl groups excluding tert-OH is 1. The highest BCUT2D eigenvalue weighted by Crippen LogP contribution is 2.32. The van der Waals surface area contributed by atoms with Crippen LogP contribution >= 0.6 is 0 Å². The van der Waals surface area contributed by atoms with Crippen LogP contribution in [0.3, 0.4) is 0 Å². The van der Waals surface area contributed by atoms with Crippen LogP contribution in [0.4, 0.5) is 0 Å². The van der Waals surface area contributed by atoms with Crippen LogP contribution in [0.25, 0.3) is 0 Å². The van der Waals surface area contributed by atoms with Gasteiger partial charge in [-0.3, -0.25) is 4.79 Å². The maximum Gasteiger partial charge on any atom is 0.161 e. The van der Waals surface area contributed by atoms with Crippen molar-refractivity contribution in [3.8, 4) is 11.5 Å². The molecule has 1 heterocycles. The van der Waals surface area contributed by atoms with Gasteiger partial charge in [-0.05, 0) is 74.0 Å². The molecule has 1 saturated heterocycles. The third-order valence-corrected chi connectivity index (χ3v) is 7.73. The number of hydrogen-bond donors (Lipinski definition) is 2. The van der Waals surface area contributed by atoms with Gasteiger partial charge in [0.05, 0.1) is 25.9 Å². The molecule has 0 aromatic heterocycles. The van der Waals surface area contributed by atoms with Gasteiger partial charge in [0.15, 0.2) is 11.5 Å². The van der Waals surface area contributed by atoms with E-state index in [9.17, 15) is 9.90 Å². The second kappa shape index (κ2) is 16.3. The lowest BCUT2D eigenvalue weighted by Crippen LogP contribution is -2.40. The van der Waals surface area contributed by atoms with Crippen LogP contribution in [-0.2, 0) is 20.7 Å². The van der Waals surface area contributed by atoms with E-state index in [1.807, 2.05) is 12.1 Å². The van der Waals surface area contributed by atoms with Gasteiger partial charge in [0.25, 0.3) is 0 Å². The van der Waals surface area contributed by atoms with Crippen molar-refractivity contribution in [3.05, 3.63) is 23.8 Å². The van der Waals surface area contributed by atoms with Crippen LogP contribution in [0, 0.1) is 23.7 Å².